The predicted octanol–water partition coefficient (Wildman–Crippen LogP) is 1.39. The average Bonchev–Trinajstić information content (AvgIpc) is 2.20. The van der Waals surface area contributed by atoms with E-state index in [2.05, 4.69) is 6.92 Å². The van der Waals surface area contributed by atoms with Gasteiger partial charge in [0.05, 0.1) is 0 Å². The Labute approximate surface area is 93.1 Å². The summed E-state index contributed by atoms with van der Waals surface area (Å²) in [4.78, 5) is 23.1. The van der Waals surface area contributed by atoms with Gasteiger partial charge in [0.1, 0.15) is 5.15 Å². The first-order valence-corrected chi connectivity index (χ1v) is 5.42. The number of hydrogen-bond donors (Lipinski definition) is 0. The summed E-state index contributed by atoms with van der Waals surface area (Å²) in [5, 5.41) is 0.178. The van der Waals surface area contributed by atoms with Gasteiger partial charge in [-0.2, -0.15) is 0 Å². The smallest absolute Gasteiger partial charge is 0.287 e. The Bertz CT molecular complexity index is 448. The highest BCUT2D eigenvalue weighted by molar-refractivity contribution is 6.29. The lowest BCUT2D eigenvalue weighted by molar-refractivity contribution is 0.543. The molecule has 5 heteroatoms. The maximum absolute atomic E-state index is 11.6. The Morgan fingerprint density at radius 1 is 1.33 bits per heavy atom. The van der Waals surface area contributed by atoms with Crippen LogP contribution in [0.1, 0.15) is 26.2 Å². The molecule has 15 heavy (non-hydrogen) atoms. The zero-order valence-electron chi connectivity index (χ0n) is 8.99. The molecule has 4 nitrogen and oxygen atoms in total. The van der Waals surface area contributed by atoms with Crippen molar-refractivity contribution in [1.82, 2.24) is 9.13 Å². The standard InChI is InChI=1S/C10H15ClN2O2/c1-3-4-5-6-13-9(14)7-8(11)12(2)10(13)15/h7H,3-6H2,1-2H3. The second-order valence-corrected chi connectivity index (χ2v) is 3.89. The molecule has 0 aliphatic rings. The van der Waals surface area contributed by atoms with Crippen LogP contribution in [0, 0.1) is 0 Å². The third kappa shape index (κ3) is 2.72. The highest BCUT2D eigenvalue weighted by Crippen LogP contribution is 1.99. The summed E-state index contributed by atoms with van der Waals surface area (Å²) in [6, 6.07) is 1.27. The minimum atomic E-state index is -0.344. The summed E-state index contributed by atoms with van der Waals surface area (Å²) in [7, 11) is 1.56. The summed E-state index contributed by atoms with van der Waals surface area (Å²) in [5.41, 5.74) is -0.664. The molecule has 0 radical (unpaired) electrons. The molecule has 0 fully saturated rings. The van der Waals surface area contributed by atoms with Gasteiger partial charge in [-0.05, 0) is 6.42 Å². The molecule has 0 aliphatic carbocycles. The quantitative estimate of drug-likeness (QED) is 0.580. The van der Waals surface area contributed by atoms with E-state index in [1.165, 1.54) is 15.2 Å². The van der Waals surface area contributed by atoms with E-state index in [0.29, 0.717) is 6.54 Å². The molecule has 0 unspecified atom stereocenters. The molecule has 1 aromatic heterocycles. The van der Waals surface area contributed by atoms with E-state index in [-0.39, 0.29) is 16.4 Å². The van der Waals surface area contributed by atoms with Crippen LogP contribution in [0.25, 0.3) is 0 Å². The monoisotopic (exact) mass is 230 g/mol. The van der Waals surface area contributed by atoms with Gasteiger partial charge in [-0.3, -0.25) is 13.9 Å². The largest absolute Gasteiger partial charge is 0.331 e. The Kier molecular flexibility index (Phi) is 4.15. The maximum Gasteiger partial charge on any atom is 0.331 e. The van der Waals surface area contributed by atoms with Crippen LogP contribution < -0.4 is 11.2 Å². The van der Waals surface area contributed by atoms with Gasteiger partial charge in [0.2, 0.25) is 0 Å². The van der Waals surface area contributed by atoms with E-state index >= 15 is 0 Å². The van der Waals surface area contributed by atoms with E-state index < -0.39 is 0 Å². The fourth-order valence-corrected chi connectivity index (χ4v) is 1.53. The highest BCUT2D eigenvalue weighted by atomic mass is 35.5. The highest BCUT2D eigenvalue weighted by Gasteiger charge is 2.05. The fourth-order valence-electron chi connectivity index (χ4n) is 1.37. The summed E-state index contributed by atoms with van der Waals surface area (Å²) >= 11 is 5.70. The van der Waals surface area contributed by atoms with Crippen LogP contribution in [-0.4, -0.2) is 9.13 Å². The Hall–Kier alpha value is -1.03. The van der Waals surface area contributed by atoms with Crippen molar-refractivity contribution in [2.45, 2.75) is 32.7 Å². The molecule has 0 saturated carbocycles. The van der Waals surface area contributed by atoms with Crippen LogP contribution >= 0.6 is 11.6 Å². The van der Waals surface area contributed by atoms with Crippen molar-refractivity contribution in [3.05, 3.63) is 32.1 Å². The zero-order chi connectivity index (χ0) is 11.4. The number of aromatic nitrogens is 2. The van der Waals surface area contributed by atoms with Crippen LogP contribution in [0.5, 0.6) is 0 Å². The van der Waals surface area contributed by atoms with Crippen molar-refractivity contribution in [3.8, 4) is 0 Å². The fraction of sp³-hybridized carbons (Fsp3) is 0.600. The van der Waals surface area contributed by atoms with E-state index in [0.717, 1.165) is 19.3 Å². The van der Waals surface area contributed by atoms with Crippen LogP contribution in [0.15, 0.2) is 15.7 Å². The molecule has 0 atom stereocenters. The van der Waals surface area contributed by atoms with Gasteiger partial charge in [-0.25, -0.2) is 4.79 Å². The molecule has 0 bridgehead atoms. The Morgan fingerprint density at radius 2 is 2.00 bits per heavy atom. The topological polar surface area (TPSA) is 44.0 Å². The van der Waals surface area contributed by atoms with Gasteiger partial charge in [0.25, 0.3) is 5.56 Å². The van der Waals surface area contributed by atoms with Gasteiger partial charge < -0.3 is 0 Å². The number of nitrogens with zero attached hydrogens (tertiary/aromatic N) is 2. The Morgan fingerprint density at radius 3 is 2.60 bits per heavy atom. The molecule has 0 aromatic carbocycles. The third-order valence-corrected chi connectivity index (χ3v) is 2.69. The summed E-state index contributed by atoms with van der Waals surface area (Å²) in [6.45, 7) is 2.54. The lowest BCUT2D eigenvalue weighted by Gasteiger charge is -2.07. The van der Waals surface area contributed by atoms with Crippen molar-refractivity contribution in [2.75, 3.05) is 0 Å². The van der Waals surface area contributed by atoms with Gasteiger partial charge in [-0.1, -0.05) is 31.4 Å². The van der Waals surface area contributed by atoms with E-state index in [1.807, 2.05) is 0 Å². The first-order valence-electron chi connectivity index (χ1n) is 5.04. The molecular weight excluding hydrogens is 216 g/mol. The number of unbranched alkanes of at least 4 members (excludes halogenated alkanes) is 2. The van der Waals surface area contributed by atoms with Crippen LogP contribution in [0.2, 0.25) is 5.15 Å². The van der Waals surface area contributed by atoms with Crippen molar-refractivity contribution in [1.29, 1.82) is 0 Å². The normalized spacial score (nSPS) is 10.6. The van der Waals surface area contributed by atoms with Crippen LogP contribution in [0.3, 0.4) is 0 Å². The molecule has 0 saturated heterocycles. The van der Waals surface area contributed by atoms with E-state index in [1.54, 1.807) is 7.05 Å². The second-order valence-electron chi connectivity index (χ2n) is 3.51. The minimum absolute atomic E-state index is 0.178. The average molecular weight is 231 g/mol. The van der Waals surface area contributed by atoms with Crippen molar-refractivity contribution < 1.29 is 0 Å². The predicted molar refractivity (Wildman–Crippen MR) is 60.5 cm³/mol. The van der Waals surface area contributed by atoms with Crippen molar-refractivity contribution in [2.24, 2.45) is 7.05 Å². The van der Waals surface area contributed by atoms with Gasteiger partial charge in [-0.15, -0.1) is 0 Å². The first-order chi connectivity index (χ1) is 7.07. The number of rotatable bonds is 4. The molecule has 1 rings (SSSR count). The second kappa shape index (κ2) is 5.16. The molecule has 0 aliphatic heterocycles. The molecular formula is C10H15ClN2O2. The molecule has 1 heterocycles. The molecule has 0 spiro atoms. The SMILES string of the molecule is CCCCCn1c(=O)cc(Cl)n(C)c1=O. The third-order valence-electron chi connectivity index (χ3n) is 2.33. The molecule has 0 N–H and O–H groups in total. The maximum atomic E-state index is 11.6. The lowest BCUT2D eigenvalue weighted by atomic mass is 10.2. The Balaban J connectivity index is 3.03. The van der Waals surface area contributed by atoms with Gasteiger partial charge >= 0.3 is 5.69 Å². The van der Waals surface area contributed by atoms with E-state index in [4.69, 9.17) is 11.6 Å². The first kappa shape index (κ1) is 12.0. The van der Waals surface area contributed by atoms with Crippen LogP contribution in [-0.2, 0) is 13.6 Å². The minimum Gasteiger partial charge on any atom is -0.287 e. The number of halogens is 1. The van der Waals surface area contributed by atoms with Gasteiger partial charge in [0.15, 0.2) is 0 Å². The van der Waals surface area contributed by atoms with Crippen LogP contribution in [0.4, 0.5) is 0 Å². The lowest BCUT2D eigenvalue weighted by Crippen LogP contribution is -2.38. The molecule has 1 aromatic rings. The summed E-state index contributed by atoms with van der Waals surface area (Å²) < 4.78 is 2.50. The van der Waals surface area contributed by atoms with Gasteiger partial charge in [0, 0.05) is 19.7 Å². The molecule has 84 valence electrons. The van der Waals surface area contributed by atoms with E-state index in [9.17, 15) is 9.59 Å². The van der Waals surface area contributed by atoms with Crippen molar-refractivity contribution >= 4 is 11.6 Å². The molecule has 0 amide bonds. The number of hydrogen-bond acceptors (Lipinski definition) is 2. The zero-order valence-corrected chi connectivity index (χ0v) is 9.75. The summed E-state index contributed by atoms with van der Waals surface area (Å²) in [6.07, 6.45) is 2.91. The van der Waals surface area contributed by atoms with Crippen molar-refractivity contribution in [3.63, 3.8) is 0 Å². The summed E-state index contributed by atoms with van der Waals surface area (Å²) in [5.74, 6) is 0.